The number of aryl methyl sites for hydroxylation is 2. The van der Waals surface area contributed by atoms with Crippen LogP contribution in [0, 0.1) is 13.8 Å². The van der Waals surface area contributed by atoms with Crippen LogP contribution in [0.3, 0.4) is 0 Å². The quantitative estimate of drug-likeness (QED) is 0.515. The van der Waals surface area contributed by atoms with Gasteiger partial charge in [-0.25, -0.2) is 0 Å². The first kappa shape index (κ1) is 7.97. The molecule has 0 nitrogen and oxygen atoms in total. The Morgan fingerprint density at radius 1 is 0.846 bits per heavy atom. The molecule has 13 heavy (non-hydrogen) atoms. The fraction of sp³-hybridized carbons (Fsp3) is 0.200. The van der Waals surface area contributed by atoms with Crippen molar-refractivity contribution in [3.63, 3.8) is 0 Å². The van der Waals surface area contributed by atoms with Gasteiger partial charge in [0.1, 0.15) is 0 Å². The molecule has 0 amide bonds. The second kappa shape index (κ2) is 2.56. The molecule has 3 aromatic heterocycles. The van der Waals surface area contributed by atoms with Gasteiger partial charge < -0.3 is 0 Å². The van der Waals surface area contributed by atoms with Gasteiger partial charge in [-0.05, 0) is 35.7 Å². The van der Waals surface area contributed by atoms with Crippen LogP contribution in [-0.2, 0) is 0 Å². The van der Waals surface area contributed by atoms with Crippen molar-refractivity contribution < 1.29 is 0 Å². The van der Waals surface area contributed by atoms with Crippen molar-refractivity contribution in [2.45, 2.75) is 13.8 Å². The Hall–Kier alpha value is -0.380. The first-order valence-electron chi connectivity index (χ1n) is 4.12. The normalized spacial score (nSPS) is 11.8. The molecule has 0 aliphatic rings. The van der Waals surface area contributed by atoms with Crippen molar-refractivity contribution in [3.8, 4) is 0 Å². The van der Waals surface area contributed by atoms with E-state index in [9.17, 15) is 0 Å². The van der Waals surface area contributed by atoms with Gasteiger partial charge in [0.05, 0.1) is 8.03 Å². The summed E-state index contributed by atoms with van der Waals surface area (Å²) in [5.74, 6) is 0. The summed E-state index contributed by atoms with van der Waals surface area (Å²) in [5, 5.41) is 7.53. The Labute approximate surface area is 88.4 Å². The second-order valence-corrected chi connectivity index (χ2v) is 6.56. The summed E-state index contributed by atoms with van der Waals surface area (Å²) >= 11 is 5.70. The zero-order valence-electron chi connectivity index (χ0n) is 7.38. The Morgan fingerprint density at radius 3 is 1.77 bits per heavy atom. The Kier molecular flexibility index (Phi) is 1.57. The number of thiophene rings is 3. The van der Waals surface area contributed by atoms with Gasteiger partial charge in [-0.15, -0.1) is 34.0 Å². The third kappa shape index (κ3) is 0.951. The first-order chi connectivity index (χ1) is 6.27. The maximum Gasteiger partial charge on any atom is 0.0889 e. The molecule has 0 saturated carbocycles. The van der Waals surface area contributed by atoms with E-state index in [0.717, 1.165) is 0 Å². The summed E-state index contributed by atoms with van der Waals surface area (Å²) in [5.41, 5.74) is 2.88. The van der Waals surface area contributed by atoms with E-state index in [1.165, 1.54) is 29.9 Å². The fourth-order valence-corrected chi connectivity index (χ4v) is 5.47. The van der Waals surface area contributed by atoms with E-state index in [1.807, 2.05) is 34.0 Å². The molecule has 3 aromatic rings. The van der Waals surface area contributed by atoms with Gasteiger partial charge in [0.25, 0.3) is 0 Å². The van der Waals surface area contributed by atoms with Crippen LogP contribution < -0.4 is 0 Å². The summed E-state index contributed by atoms with van der Waals surface area (Å²) in [6.45, 7) is 4.42. The fourth-order valence-electron chi connectivity index (χ4n) is 1.67. The van der Waals surface area contributed by atoms with Crippen LogP contribution in [0.4, 0.5) is 0 Å². The minimum Gasteiger partial charge on any atom is -0.132 e. The maximum absolute atomic E-state index is 2.26. The second-order valence-electron chi connectivity index (χ2n) is 3.26. The Bertz CT molecular complexity index is 529. The first-order valence-corrected chi connectivity index (χ1v) is 6.69. The van der Waals surface area contributed by atoms with Crippen LogP contribution in [0.2, 0.25) is 0 Å². The molecule has 0 unspecified atom stereocenters. The lowest BCUT2D eigenvalue weighted by Gasteiger charge is -1.86. The molecule has 0 bridgehead atoms. The molecule has 0 spiro atoms. The molecule has 0 atom stereocenters. The number of fused-ring (bicyclic) bond motifs is 3. The van der Waals surface area contributed by atoms with E-state index >= 15 is 0 Å². The molecule has 0 aliphatic heterocycles. The lowest BCUT2D eigenvalue weighted by molar-refractivity contribution is 1.59. The number of hydrogen-bond acceptors (Lipinski definition) is 3. The molecule has 0 aromatic carbocycles. The predicted molar refractivity (Wildman–Crippen MR) is 64.6 cm³/mol. The summed E-state index contributed by atoms with van der Waals surface area (Å²) in [7, 11) is 0. The van der Waals surface area contributed by atoms with Crippen molar-refractivity contribution in [2.75, 3.05) is 0 Å². The third-order valence-corrected chi connectivity index (χ3v) is 5.95. The lowest BCUT2D eigenvalue weighted by Crippen LogP contribution is -1.65. The van der Waals surface area contributed by atoms with Gasteiger partial charge in [0.2, 0.25) is 0 Å². The van der Waals surface area contributed by atoms with Crippen LogP contribution >= 0.6 is 34.0 Å². The zero-order valence-corrected chi connectivity index (χ0v) is 9.83. The van der Waals surface area contributed by atoms with Crippen LogP contribution in [0.25, 0.3) is 18.8 Å². The van der Waals surface area contributed by atoms with Crippen molar-refractivity contribution in [1.29, 1.82) is 0 Å². The smallest absolute Gasteiger partial charge is 0.0889 e. The molecule has 0 saturated heterocycles. The molecule has 0 aliphatic carbocycles. The Balaban J connectivity index is 2.70. The molecule has 3 heterocycles. The van der Waals surface area contributed by atoms with Crippen LogP contribution in [0.5, 0.6) is 0 Å². The summed E-state index contributed by atoms with van der Waals surface area (Å²) in [4.78, 5) is 0. The molecule has 0 fully saturated rings. The van der Waals surface area contributed by atoms with Crippen molar-refractivity contribution in [3.05, 3.63) is 21.9 Å². The molecular formula is C10H8S3. The summed E-state index contributed by atoms with van der Waals surface area (Å²) in [6, 6.07) is 0. The SMILES string of the molecule is Cc1csc2sc3scc(C)c3c12. The molecule has 3 heteroatoms. The average molecular weight is 224 g/mol. The van der Waals surface area contributed by atoms with Gasteiger partial charge in [-0.3, -0.25) is 0 Å². The van der Waals surface area contributed by atoms with E-state index in [2.05, 4.69) is 24.6 Å². The van der Waals surface area contributed by atoms with Crippen LogP contribution in [0.1, 0.15) is 11.1 Å². The van der Waals surface area contributed by atoms with Gasteiger partial charge in [0, 0.05) is 10.8 Å². The Morgan fingerprint density at radius 2 is 1.31 bits per heavy atom. The highest BCUT2D eigenvalue weighted by atomic mass is 32.2. The lowest BCUT2D eigenvalue weighted by atomic mass is 10.1. The topological polar surface area (TPSA) is 0 Å². The summed E-state index contributed by atoms with van der Waals surface area (Å²) in [6.07, 6.45) is 0. The largest absolute Gasteiger partial charge is 0.132 e. The van der Waals surface area contributed by atoms with Gasteiger partial charge in [-0.1, -0.05) is 0 Å². The van der Waals surface area contributed by atoms with Gasteiger partial charge >= 0.3 is 0 Å². The molecule has 0 radical (unpaired) electrons. The van der Waals surface area contributed by atoms with Crippen LogP contribution in [-0.4, -0.2) is 0 Å². The van der Waals surface area contributed by atoms with Crippen molar-refractivity contribution in [2.24, 2.45) is 0 Å². The average Bonchev–Trinajstić information content (AvgIpc) is 2.69. The predicted octanol–water partition coefficient (Wildman–Crippen LogP) is 4.79. The molecular weight excluding hydrogens is 216 g/mol. The molecule has 0 N–H and O–H groups in total. The van der Waals surface area contributed by atoms with Gasteiger partial charge in [0.15, 0.2) is 0 Å². The minimum absolute atomic E-state index is 1.44. The highest BCUT2D eigenvalue weighted by molar-refractivity contribution is 7.48. The van der Waals surface area contributed by atoms with Gasteiger partial charge in [-0.2, -0.15) is 0 Å². The van der Waals surface area contributed by atoms with Crippen molar-refractivity contribution in [1.82, 2.24) is 0 Å². The summed E-state index contributed by atoms with van der Waals surface area (Å²) < 4.78 is 2.98. The molecule has 66 valence electrons. The number of rotatable bonds is 0. The standard InChI is InChI=1S/C10H8S3/c1-5-3-11-9-7(5)8-6(2)4-12-10(8)13-9/h3-4H,1-2H3. The molecule has 3 rings (SSSR count). The zero-order chi connectivity index (χ0) is 9.00. The van der Waals surface area contributed by atoms with E-state index in [1.54, 1.807) is 0 Å². The monoisotopic (exact) mass is 224 g/mol. The highest BCUT2D eigenvalue weighted by Crippen LogP contribution is 2.43. The minimum atomic E-state index is 1.44. The number of hydrogen-bond donors (Lipinski definition) is 0. The van der Waals surface area contributed by atoms with Crippen LogP contribution in [0.15, 0.2) is 10.8 Å². The third-order valence-electron chi connectivity index (χ3n) is 2.32. The van der Waals surface area contributed by atoms with E-state index < -0.39 is 0 Å². The van der Waals surface area contributed by atoms with E-state index in [-0.39, 0.29) is 0 Å². The van der Waals surface area contributed by atoms with E-state index in [4.69, 9.17) is 0 Å². The maximum atomic E-state index is 2.26. The van der Waals surface area contributed by atoms with E-state index in [0.29, 0.717) is 0 Å². The van der Waals surface area contributed by atoms with Crippen molar-refractivity contribution >= 4 is 52.8 Å². The highest BCUT2D eigenvalue weighted by Gasteiger charge is 2.12.